The highest BCUT2D eigenvalue weighted by Crippen LogP contribution is 2.28. The summed E-state index contributed by atoms with van der Waals surface area (Å²) in [5.41, 5.74) is 5.66. The smallest absolute Gasteiger partial charge is 0.223 e. The number of hydrogen-bond acceptors (Lipinski definition) is 3. The van der Waals surface area contributed by atoms with E-state index in [1.807, 2.05) is 0 Å². The molecule has 1 saturated carbocycles. The number of nitrogens with one attached hydrogen (secondary N) is 1. The Morgan fingerprint density at radius 3 is 2.78 bits per heavy atom. The molecule has 1 heterocycles. The summed E-state index contributed by atoms with van der Waals surface area (Å²) in [6, 6.07) is 4.17. The van der Waals surface area contributed by atoms with Gasteiger partial charge >= 0.3 is 0 Å². The Kier molecular flexibility index (Phi) is 5.20. The quantitative estimate of drug-likeness (QED) is 0.858. The second-order valence-electron chi connectivity index (χ2n) is 5.07. The maximum Gasteiger partial charge on any atom is 0.223 e. The Morgan fingerprint density at radius 2 is 2.17 bits per heavy atom. The molecule has 0 saturated heterocycles. The van der Waals surface area contributed by atoms with Crippen LogP contribution in [0.4, 0.5) is 0 Å². The van der Waals surface area contributed by atoms with Crippen LogP contribution in [0.5, 0.6) is 0 Å². The van der Waals surface area contributed by atoms with Gasteiger partial charge in [-0.3, -0.25) is 4.79 Å². The van der Waals surface area contributed by atoms with Crippen LogP contribution < -0.4 is 11.1 Å². The molecule has 0 spiro atoms. The zero-order valence-electron chi connectivity index (χ0n) is 10.7. The molecule has 18 heavy (non-hydrogen) atoms. The lowest BCUT2D eigenvalue weighted by atomic mass is 9.81. The molecule has 0 aromatic carbocycles. The highest BCUT2D eigenvalue weighted by molar-refractivity contribution is 7.09. The molecule has 1 aliphatic rings. The first-order valence-corrected chi connectivity index (χ1v) is 7.67. The van der Waals surface area contributed by atoms with Crippen LogP contribution in [0.3, 0.4) is 0 Å². The average molecular weight is 266 g/mol. The third kappa shape index (κ3) is 3.82. The van der Waals surface area contributed by atoms with Crippen molar-refractivity contribution in [1.29, 1.82) is 0 Å². The summed E-state index contributed by atoms with van der Waals surface area (Å²) in [7, 11) is 0. The molecule has 1 aromatic rings. The van der Waals surface area contributed by atoms with E-state index in [0.717, 1.165) is 45.2 Å². The van der Waals surface area contributed by atoms with Gasteiger partial charge in [-0.25, -0.2) is 0 Å². The number of nitrogens with two attached hydrogens (primary N) is 1. The number of hydrogen-bond donors (Lipinski definition) is 2. The van der Waals surface area contributed by atoms with Crippen molar-refractivity contribution >= 4 is 17.2 Å². The Balaban J connectivity index is 1.66. The van der Waals surface area contributed by atoms with Crippen molar-refractivity contribution in [1.82, 2.24) is 5.32 Å². The maximum atomic E-state index is 12.0. The standard InChI is InChI=1S/C14H22N2OS/c15-10-11-3-5-12(6-4-11)14(17)16-8-7-13-2-1-9-18-13/h1-2,9,11-12H,3-8,10,15H2,(H,16,17). The van der Waals surface area contributed by atoms with Crippen LogP contribution >= 0.6 is 11.3 Å². The highest BCUT2D eigenvalue weighted by Gasteiger charge is 2.25. The summed E-state index contributed by atoms with van der Waals surface area (Å²) in [5.74, 6) is 1.10. The molecule has 0 aliphatic heterocycles. The topological polar surface area (TPSA) is 55.1 Å². The van der Waals surface area contributed by atoms with E-state index in [4.69, 9.17) is 5.73 Å². The van der Waals surface area contributed by atoms with Crippen molar-refractivity contribution in [3.63, 3.8) is 0 Å². The van der Waals surface area contributed by atoms with Gasteiger partial charge in [0, 0.05) is 17.3 Å². The van der Waals surface area contributed by atoms with Gasteiger partial charge in [0.15, 0.2) is 0 Å². The van der Waals surface area contributed by atoms with E-state index in [2.05, 4.69) is 22.8 Å². The van der Waals surface area contributed by atoms with Crippen molar-refractivity contribution in [3.8, 4) is 0 Å². The van der Waals surface area contributed by atoms with Crippen LogP contribution in [-0.2, 0) is 11.2 Å². The predicted molar refractivity (Wildman–Crippen MR) is 75.5 cm³/mol. The van der Waals surface area contributed by atoms with E-state index < -0.39 is 0 Å². The zero-order valence-corrected chi connectivity index (χ0v) is 11.5. The Labute approximate surface area is 113 Å². The second-order valence-corrected chi connectivity index (χ2v) is 6.11. The van der Waals surface area contributed by atoms with E-state index in [1.165, 1.54) is 4.88 Å². The predicted octanol–water partition coefficient (Wildman–Crippen LogP) is 2.17. The minimum absolute atomic E-state index is 0.219. The van der Waals surface area contributed by atoms with Crippen LogP contribution in [0, 0.1) is 11.8 Å². The van der Waals surface area contributed by atoms with Crippen LogP contribution in [0.1, 0.15) is 30.6 Å². The van der Waals surface area contributed by atoms with Crippen LogP contribution in [-0.4, -0.2) is 19.0 Å². The molecule has 0 radical (unpaired) electrons. The molecule has 3 nitrogen and oxygen atoms in total. The summed E-state index contributed by atoms with van der Waals surface area (Å²) < 4.78 is 0. The first-order valence-electron chi connectivity index (χ1n) is 6.79. The lowest BCUT2D eigenvalue weighted by Gasteiger charge is -2.26. The van der Waals surface area contributed by atoms with Crippen molar-refractivity contribution < 1.29 is 4.79 Å². The molecule has 0 unspecified atom stereocenters. The van der Waals surface area contributed by atoms with Crippen LogP contribution in [0.25, 0.3) is 0 Å². The van der Waals surface area contributed by atoms with Gasteiger partial charge in [0.25, 0.3) is 0 Å². The van der Waals surface area contributed by atoms with Crippen LogP contribution in [0.2, 0.25) is 0 Å². The van der Waals surface area contributed by atoms with E-state index >= 15 is 0 Å². The molecule has 3 N–H and O–H groups in total. The Hall–Kier alpha value is -0.870. The largest absolute Gasteiger partial charge is 0.356 e. The molecule has 0 bridgehead atoms. The minimum atomic E-state index is 0.219. The van der Waals surface area contributed by atoms with Gasteiger partial charge in [0.05, 0.1) is 0 Å². The molecule has 1 amide bonds. The highest BCUT2D eigenvalue weighted by atomic mass is 32.1. The van der Waals surface area contributed by atoms with Gasteiger partial charge in [-0.2, -0.15) is 0 Å². The van der Waals surface area contributed by atoms with Gasteiger partial charge in [-0.05, 0) is 56.0 Å². The molecule has 1 aliphatic carbocycles. The Bertz CT molecular complexity index is 356. The molecular formula is C14H22N2OS. The zero-order chi connectivity index (χ0) is 12.8. The van der Waals surface area contributed by atoms with Gasteiger partial charge < -0.3 is 11.1 Å². The van der Waals surface area contributed by atoms with Crippen molar-refractivity contribution in [3.05, 3.63) is 22.4 Å². The van der Waals surface area contributed by atoms with Gasteiger partial charge in [-0.15, -0.1) is 11.3 Å². The van der Waals surface area contributed by atoms with Gasteiger partial charge in [-0.1, -0.05) is 6.07 Å². The molecule has 1 fully saturated rings. The van der Waals surface area contributed by atoms with E-state index in [9.17, 15) is 4.79 Å². The van der Waals surface area contributed by atoms with Crippen LogP contribution in [0.15, 0.2) is 17.5 Å². The van der Waals surface area contributed by atoms with E-state index in [1.54, 1.807) is 11.3 Å². The third-order valence-corrected chi connectivity index (χ3v) is 4.74. The molecule has 1 aromatic heterocycles. The molecule has 2 rings (SSSR count). The summed E-state index contributed by atoms with van der Waals surface area (Å²) >= 11 is 1.75. The maximum absolute atomic E-state index is 12.0. The number of rotatable bonds is 5. The normalized spacial score (nSPS) is 23.8. The lowest BCUT2D eigenvalue weighted by molar-refractivity contribution is -0.126. The lowest BCUT2D eigenvalue weighted by Crippen LogP contribution is -2.35. The molecule has 4 heteroatoms. The first kappa shape index (κ1) is 13.6. The first-order chi connectivity index (χ1) is 8.79. The number of amides is 1. The van der Waals surface area contributed by atoms with Gasteiger partial charge in [0.1, 0.15) is 0 Å². The fourth-order valence-electron chi connectivity index (χ4n) is 2.57. The summed E-state index contributed by atoms with van der Waals surface area (Å²) in [6.07, 6.45) is 5.18. The van der Waals surface area contributed by atoms with Crippen molar-refractivity contribution in [2.24, 2.45) is 17.6 Å². The monoisotopic (exact) mass is 266 g/mol. The van der Waals surface area contributed by atoms with E-state index in [-0.39, 0.29) is 11.8 Å². The van der Waals surface area contributed by atoms with Gasteiger partial charge in [0.2, 0.25) is 5.91 Å². The summed E-state index contributed by atoms with van der Waals surface area (Å²) in [6.45, 7) is 1.53. The number of carbonyl (C=O) groups is 1. The Morgan fingerprint density at radius 1 is 1.39 bits per heavy atom. The summed E-state index contributed by atoms with van der Waals surface area (Å²) in [5, 5.41) is 5.13. The van der Waals surface area contributed by atoms with Crippen molar-refractivity contribution in [2.45, 2.75) is 32.1 Å². The summed E-state index contributed by atoms with van der Waals surface area (Å²) in [4.78, 5) is 13.3. The molecule has 0 atom stereocenters. The van der Waals surface area contributed by atoms with Crippen molar-refractivity contribution in [2.75, 3.05) is 13.1 Å². The fourth-order valence-corrected chi connectivity index (χ4v) is 3.28. The average Bonchev–Trinajstić information content (AvgIpc) is 2.92. The fraction of sp³-hybridized carbons (Fsp3) is 0.643. The molecule has 100 valence electrons. The molecular weight excluding hydrogens is 244 g/mol. The third-order valence-electron chi connectivity index (χ3n) is 3.80. The SMILES string of the molecule is NCC1CCC(C(=O)NCCc2cccs2)CC1. The minimum Gasteiger partial charge on any atom is -0.356 e. The number of carbonyl (C=O) groups excluding carboxylic acids is 1. The number of thiophene rings is 1. The second kappa shape index (κ2) is 6.90. The van der Waals surface area contributed by atoms with E-state index in [0.29, 0.717) is 5.92 Å².